The van der Waals surface area contributed by atoms with E-state index >= 15 is 0 Å². The van der Waals surface area contributed by atoms with Crippen LogP contribution in [-0.4, -0.2) is 129 Å². The molecule has 0 aliphatic carbocycles. The van der Waals surface area contributed by atoms with Gasteiger partial charge in [-0.3, -0.25) is 19.6 Å². The highest BCUT2D eigenvalue weighted by atomic mass is 16.2. The number of aldehydes is 3. The van der Waals surface area contributed by atoms with Crippen LogP contribution in [-0.2, 0) is 14.4 Å². The average Bonchev–Trinajstić information content (AvgIpc) is 2.76. The van der Waals surface area contributed by atoms with Crippen molar-refractivity contribution in [2.45, 2.75) is 47.6 Å². The number of hydrogen-bond donors (Lipinski definition) is 1. The van der Waals surface area contributed by atoms with Crippen LogP contribution in [0.2, 0.25) is 0 Å². The third-order valence-electron chi connectivity index (χ3n) is 5.08. The van der Waals surface area contributed by atoms with E-state index in [2.05, 4.69) is 33.4 Å². The van der Waals surface area contributed by atoms with Crippen molar-refractivity contribution >= 4 is 18.9 Å². The van der Waals surface area contributed by atoms with E-state index in [1.807, 2.05) is 13.8 Å². The monoisotopic (exact) mass is 432 g/mol. The van der Waals surface area contributed by atoms with Crippen LogP contribution >= 0.6 is 0 Å². The molecule has 1 fully saturated rings. The van der Waals surface area contributed by atoms with Gasteiger partial charge in [0.15, 0.2) is 0 Å². The lowest BCUT2D eigenvalue weighted by Crippen LogP contribution is -2.48. The third-order valence-corrected chi connectivity index (χ3v) is 5.08. The molecule has 1 aliphatic rings. The van der Waals surface area contributed by atoms with Gasteiger partial charge in [-0.05, 0) is 13.3 Å². The van der Waals surface area contributed by atoms with Crippen molar-refractivity contribution in [2.24, 2.45) is 0 Å². The maximum atomic E-state index is 11.0. The molecule has 1 atom stereocenters. The second-order valence-electron chi connectivity index (χ2n) is 6.70. The Morgan fingerprint density at radius 2 is 0.967 bits per heavy atom. The SMILES string of the molecule is C.CC.CCC(C)N1CCN(CC=O)CCN(CC=O)CCN(CC=O)CC1.CO. The molecule has 0 aromatic heterocycles. The largest absolute Gasteiger partial charge is 0.400 e. The van der Waals surface area contributed by atoms with Crippen molar-refractivity contribution < 1.29 is 19.5 Å². The molecule has 0 aromatic carbocycles. The lowest BCUT2D eigenvalue weighted by molar-refractivity contribution is -0.110. The van der Waals surface area contributed by atoms with Crippen molar-refractivity contribution in [2.75, 3.05) is 79.1 Å². The number of rotatable bonds is 8. The Labute approximate surface area is 185 Å². The van der Waals surface area contributed by atoms with Gasteiger partial charge in [0.2, 0.25) is 0 Å². The van der Waals surface area contributed by atoms with E-state index < -0.39 is 0 Å². The molecule has 1 rings (SSSR count). The van der Waals surface area contributed by atoms with Crippen molar-refractivity contribution in [3.8, 4) is 0 Å². The van der Waals surface area contributed by atoms with Gasteiger partial charge in [-0.1, -0.05) is 28.2 Å². The zero-order valence-electron chi connectivity index (χ0n) is 19.3. The molecule has 8 heteroatoms. The molecule has 30 heavy (non-hydrogen) atoms. The molecule has 180 valence electrons. The highest BCUT2D eigenvalue weighted by Gasteiger charge is 2.18. The van der Waals surface area contributed by atoms with Crippen LogP contribution < -0.4 is 0 Å². The van der Waals surface area contributed by atoms with Crippen LogP contribution in [0.5, 0.6) is 0 Å². The summed E-state index contributed by atoms with van der Waals surface area (Å²) in [6, 6.07) is 0.477. The first kappa shape index (κ1) is 33.4. The second kappa shape index (κ2) is 24.1. The first-order chi connectivity index (χ1) is 14.1. The smallest absolute Gasteiger partial charge is 0.133 e. The van der Waals surface area contributed by atoms with Gasteiger partial charge in [0.25, 0.3) is 0 Å². The van der Waals surface area contributed by atoms with Gasteiger partial charge in [0, 0.05) is 65.5 Å². The molecule has 1 unspecified atom stereocenters. The Bertz CT molecular complexity index is 373. The van der Waals surface area contributed by atoms with E-state index in [4.69, 9.17) is 5.11 Å². The van der Waals surface area contributed by atoms with E-state index in [9.17, 15) is 14.4 Å². The summed E-state index contributed by atoms with van der Waals surface area (Å²) < 4.78 is 0. The van der Waals surface area contributed by atoms with E-state index in [1.54, 1.807) is 0 Å². The topological polar surface area (TPSA) is 84.4 Å². The third kappa shape index (κ3) is 15.6. The van der Waals surface area contributed by atoms with Gasteiger partial charge < -0.3 is 19.5 Å². The molecule has 0 saturated carbocycles. The summed E-state index contributed by atoms with van der Waals surface area (Å²) in [6.07, 6.45) is 3.91. The summed E-state index contributed by atoms with van der Waals surface area (Å²) in [6.45, 7) is 16.2. The maximum Gasteiger partial charge on any atom is 0.133 e. The second-order valence-corrected chi connectivity index (χ2v) is 6.70. The predicted octanol–water partition coefficient (Wildman–Crippen LogP) is 0.874. The van der Waals surface area contributed by atoms with Gasteiger partial charge in [0.05, 0.1) is 19.6 Å². The summed E-state index contributed by atoms with van der Waals surface area (Å²) in [5.41, 5.74) is 0. The summed E-state index contributed by atoms with van der Waals surface area (Å²) in [7, 11) is 1.00. The Balaban J connectivity index is -0.00000137. The molecule has 0 aromatic rings. The minimum absolute atomic E-state index is 0. The van der Waals surface area contributed by atoms with E-state index in [1.165, 1.54) is 0 Å². The summed E-state index contributed by atoms with van der Waals surface area (Å²) in [4.78, 5) is 41.7. The van der Waals surface area contributed by atoms with Crippen molar-refractivity contribution in [1.82, 2.24) is 19.6 Å². The van der Waals surface area contributed by atoms with Gasteiger partial charge >= 0.3 is 0 Å². The van der Waals surface area contributed by atoms with Crippen LogP contribution in [0.1, 0.15) is 41.5 Å². The number of carbonyl (C=O) groups is 3. The van der Waals surface area contributed by atoms with Gasteiger partial charge in [-0.2, -0.15) is 0 Å². The molecule has 1 N–H and O–H groups in total. The number of nitrogens with zero attached hydrogens (tertiary/aromatic N) is 4. The fourth-order valence-corrected chi connectivity index (χ4v) is 3.12. The molecule has 0 amide bonds. The standard InChI is InChI=1S/C18H34N4O3.C2H6.CH4O.CH4/c1-3-18(2)22-10-8-20(13-16-24)6-4-19(12-15-23)5-7-21(9-11-22)14-17-25;2*1-2;/h15-18H,3-14H2,1-2H3;1-2H3;2H,1H3;1H4. The highest BCUT2D eigenvalue weighted by molar-refractivity contribution is 5.52. The van der Waals surface area contributed by atoms with Crippen LogP contribution in [0.4, 0.5) is 0 Å². The average molecular weight is 433 g/mol. The number of aliphatic hydroxyl groups is 1. The molecule has 8 nitrogen and oxygen atoms in total. The van der Waals surface area contributed by atoms with Gasteiger partial charge in [-0.15, -0.1) is 0 Å². The summed E-state index contributed by atoms with van der Waals surface area (Å²) in [5, 5.41) is 7.00. The lowest BCUT2D eigenvalue weighted by Gasteiger charge is -2.35. The molecule has 0 spiro atoms. The Kier molecular flexibility index (Phi) is 26.9. The lowest BCUT2D eigenvalue weighted by atomic mass is 10.2. The quantitative estimate of drug-likeness (QED) is 0.566. The van der Waals surface area contributed by atoms with Crippen molar-refractivity contribution in [3.63, 3.8) is 0 Å². The van der Waals surface area contributed by atoms with Crippen LogP contribution in [0.3, 0.4) is 0 Å². The zero-order valence-corrected chi connectivity index (χ0v) is 19.3. The maximum absolute atomic E-state index is 11.0. The van der Waals surface area contributed by atoms with Gasteiger partial charge in [0.1, 0.15) is 18.9 Å². The Morgan fingerprint density at radius 3 is 1.20 bits per heavy atom. The molecular weight excluding hydrogens is 384 g/mol. The molecule has 1 saturated heterocycles. The van der Waals surface area contributed by atoms with Crippen molar-refractivity contribution in [1.29, 1.82) is 0 Å². The number of carbonyl (C=O) groups excluding carboxylic acids is 3. The van der Waals surface area contributed by atoms with Crippen LogP contribution in [0.25, 0.3) is 0 Å². The minimum atomic E-state index is 0. The first-order valence-electron chi connectivity index (χ1n) is 10.8. The molecule has 0 radical (unpaired) electrons. The Morgan fingerprint density at radius 1 is 0.700 bits per heavy atom. The fraction of sp³-hybridized carbons (Fsp3) is 0.864. The van der Waals surface area contributed by atoms with E-state index in [-0.39, 0.29) is 7.43 Å². The molecular formula is C22H48N4O4. The zero-order chi connectivity index (χ0) is 22.5. The number of aliphatic hydroxyl groups excluding tert-OH is 1. The molecule has 1 heterocycles. The number of hydrogen-bond acceptors (Lipinski definition) is 8. The Hall–Kier alpha value is -1.19. The van der Waals surface area contributed by atoms with E-state index in [0.29, 0.717) is 25.7 Å². The summed E-state index contributed by atoms with van der Waals surface area (Å²) in [5.74, 6) is 0. The highest BCUT2D eigenvalue weighted by Crippen LogP contribution is 2.06. The normalized spacial score (nSPS) is 18.6. The first-order valence-corrected chi connectivity index (χ1v) is 10.8. The van der Waals surface area contributed by atoms with Crippen LogP contribution in [0.15, 0.2) is 0 Å². The minimum Gasteiger partial charge on any atom is -0.400 e. The summed E-state index contributed by atoms with van der Waals surface area (Å²) >= 11 is 0. The molecule has 1 aliphatic heterocycles. The van der Waals surface area contributed by atoms with Crippen LogP contribution in [0, 0.1) is 0 Å². The van der Waals surface area contributed by atoms with Crippen molar-refractivity contribution in [3.05, 3.63) is 0 Å². The van der Waals surface area contributed by atoms with Gasteiger partial charge in [-0.25, -0.2) is 0 Å². The predicted molar refractivity (Wildman–Crippen MR) is 125 cm³/mol. The molecule has 0 bridgehead atoms. The van der Waals surface area contributed by atoms with E-state index in [0.717, 1.165) is 84.7 Å². The fourth-order valence-electron chi connectivity index (χ4n) is 3.12.